The maximum Gasteiger partial charge on any atom is 0.133 e. The Kier molecular flexibility index (Phi) is 5.03. The van der Waals surface area contributed by atoms with Gasteiger partial charge in [0.25, 0.3) is 0 Å². The van der Waals surface area contributed by atoms with Crippen LogP contribution in [0.1, 0.15) is 63.9 Å². The number of halogens is 1. The molecule has 0 spiro atoms. The summed E-state index contributed by atoms with van der Waals surface area (Å²) >= 11 is 6.10. The summed E-state index contributed by atoms with van der Waals surface area (Å²) in [7, 11) is 1.67. The molecular weight excluding hydrogens is 272 g/mol. The number of aromatic nitrogens is 2. The van der Waals surface area contributed by atoms with Crippen LogP contribution in [-0.2, 0) is 11.3 Å². The highest BCUT2D eigenvalue weighted by atomic mass is 35.5. The van der Waals surface area contributed by atoms with E-state index in [0.717, 1.165) is 30.3 Å². The van der Waals surface area contributed by atoms with Gasteiger partial charge in [-0.25, -0.2) is 9.97 Å². The van der Waals surface area contributed by atoms with Gasteiger partial charge in [0.1, 0.15) is 11.0 Å². The second kappa shape index (κ2) is 6.40. The number of ether oxygens (including phenoxy) is 1. The van der Waals surface area contributed by atoms with Crippen molar-refractivity contribution in [2.24, 2.45) is 11.3 Å². The molecule has 1 aromatic heterocycles. The number of nitrogens with zero attached hydrogens (tertiary/aromatic N) is 2. The van der Waals surface area contributed by atoms with Gasteiger partial charge in [0, 0.05) is 13.0 Å². The van der Waals surface area contributed by atoms with Gasteiger partial charge in [-0.3, -0.25) is 0 Å². The Morgan fingerprint density at radius 1 is 1.20 bits per heavy atom. The zero-order valence-electron chi connectivity index (χ0n) is 12.9. The number of rotatable bonds is 3. The first kappa shape index (κ1) is 15.7. The SMILES string of the molecule is COCc1cc(Cl)nc(C2CCC(C(C)(C)C)CC2)n1. The molecule has 1 aliphatic rings. The van der Waals surface area contributed by atoms with Crippen LogP contribution in [0.15, 0.2) is 6.07 Å². The maximum absolute atomic E-state index is 6.10. The lowest BCUT2D eigenvalue weighted by Gasteiger charge is -2.36. The number of methoxy groups -OCH3 is 1. The van der Waals surface area contributed by atoms with Crippen molar-refractivity contribution < 1.29 is 4.74 Å². The van der Waals surface area contributed by atoms with Crippen LogP contribution >= 0.6 is 11.6 Å². The van der Waals surface area contributed by atoms with E-state index in [2.05, 4.69) is 30.7 Å². The quantitative estimate of drug-likeness (QED) is 0.765. The van der Waals surface area contributed by atoms with Gasteiger partial charge < -0.3 is 4.74 Å². The van der Waals surface area contributed by atoms with Crippen molar-refractivity contribution >= 4 is 11.6 Å². The highest BCUT2D eigenvalue weighted by Gasteiger charge is 2.31. The molecule has 1 saturated carbocycles. The first-order valence-corrected chi connectivity index (χ1v) is 7.80. The van der Waals surface area contributed by atoms with Crippen LogP contribution in [0.2, 0.25) is 5.15 Å². The smallest absolute Gasteiger partial charge is 0.133 e. The van der Waals surface area contributed by atoms with E-state index in [1.165, 1.54) is 12.8 Å². The molecule has 0 saturated heterocycles. The minimum Gasteiger partial charge on any atom is -0.378 e. The molecule has 0 aliphatic heterocycles. The fraction of sp³-hybridized carbons (Fsp3) is 0.750. The lowest BCUT2D eigenvalue weighted by atomic mass is 9.69. The van der Waals surface area contributed by atoms with E-state index in [0.29, 0.717) is 23.1 Å². The summed E-state index contributed by atoms with van der Waals surface area (Å²) in [6, 6.07) is 1.79. The average Bonchev–Trinajstić information content (AvgIpc) is 2.37. The van der Waals surface area contributed by atoms with Crippen molar-refractivity contribution in [2.45, 2.75) is 59.0 Å². The van der Waals surface area contributed by atoms with Crippen LogP contribution in [0.25, 0.3) is 0 Å². The molecule has 1 aromatic rings. The summed E-state index contributed by atoms with van der Waals surface area (Å²) in [5.41, 5.74) is 1.28. The Bertz CT molecular complexity index is 448. The normalized spacial score (nSPS) is 23.9. The molecule has 3 nitrogen and oxygen atoms in total. The van der Waals surface area contributed by atoms with Gasteiger partial charge in [-0.1, -0.05) is 32.4 Å². The number of hydrogen-bond acceptors (Lipinski definition) is 3. The van der Waals surface area contributed by atoms with Crippen LogP contribution in [0.5, 0.6) is 0 Å². The van der Waals surface area contributed by atoms with E-state index in [4.69, 9.17) is 16.3 Å². The third-order valence-electron chi connectivity index (χ3n) is 4.37. The summed E-state index contributed by atoms with van der Waals surface area (Å²) in [5.74, 6) is 2.15. The van der Waals surface area contributed by atoms with E-state index >= 15 is 0 Å². The molecule has 0 unspecified atom stereocenters. The molecule has 0 atom stereocenters. The molecular formula is C16H25ClN2O. The van der Waals surface area contributed by atoms with Crippen LogP contribution < -0.4 is 0 Å². The van der Waals surface area contributed by atoms with E-state index in [9.17, 15) is 0 Å². The second-order valence-electron chi connectivity index (χ2n) is 6.89. The van der Waals surface area contributed by atoms with Gasteiger partial charge in [-0.2, -0.15) is 0 Å². The van der Waals surface area contributed by atoms with Gasteiger partial charge in [-0.05, 0) is 43.1 Å². The van der Waals surface area contributed by atoms with E-state index in [-0.39, 0.29) is 0 Å². The van der Waals surface area contributed by atoms with Gasteiger partial charge in [-0.15, -0.1) is 0 Å². The summed E-state index contributed by atoms with van der Waals surface area (Å²) in [4.78, 5) is 9.04. The Labute approximate surface area is 127 Å². The third kappa shape index (κ3) is 3.92. The standard InChI is InChI=1S/C16H25ClN2O/c1-16(2,3)12-7-5-11(6-8-12)15-18-13(10-20-4)9-14(17)19-15/h9,11-12H,5-8,10H2,1-4H3. The van der Waals surface area contributed by atoms with Crippen molar-refractivity contribution in [3.05, 3.63) is 22.7 Å². The summed E-state index contributed by atoms with van der Waals surface area (Å²) < 4.78 is 5.14. The van der Waals surface area contributed by atoms with Crippen LogP contribution in [0, 0.1) is 11.3 Å². The zero-order valence-corrected chi connectivity index (χ0v) is 13.7. The lowest BCUT2D eigenvalue weighted by Crippen LogP contribution is -2.26. The second-order valence-corrected chi connectivity index (χ2v) is 7.28. The monoisotopic (exact) mass is 296 g/mol. The highest BCUT2D eigenvalue weighted by molar-refractivity contribution is 6.29. The summed E-state index contributed by atoms with van der Waals surface area (Å²) in [6.45, 7) is 7.51. The molecule has 0 radical (unpaired) electrons. The minimum atomic E-state index is 0.404. The highest BCUT2D eigenvalue weighted by Crippen LogP contribution is 2.42. The predicted octanol–water partition coefficient (Wildman–Crippen LogP) is 4.60. The van der Waals surface area contributed by atoms with E-state index in [1.807, 2.05) is 0 Å². The Morgan fingerprint density at radius 3 is 2.40 bits per heavy atom. The zero-order chi connectivity index (χ0) is 14.8. The molecule has 20 heavy (non-hydrogen) atoms. The Morgan fingerprint density at radius 2 is 1.85 bits per heavy atom. The number of hydrogen-bond donors (Lipinski definition) is 0. The molecule has 0 amide bonds. The Hall–Kier alpha value is -0.670. The van der Waals surface area contributed by atoms with Crippen LogP contribution in [0.4, 0.5) is 0 Å². The molecule has 0 N–H and O–H groups in total. The van der Waals surface area contributed by atoms with Crippen molar-refractivity contribution in [3.8, 4) is 0 Å². The molecule has 2 rings (SSSR count). The predicted molar refractivity (Wildman–Crippen MR) is 81.9 cm³/mol. The van der Waals surface area contributed by atoms with E-state index < -0.39 is 0 Å². The van der Waals surface area contributed by atoms with Crippen molar-refractivity contribution in [1.29, 1.82) is 0 Å². The Balaban J connectivity index is 2.07. The maximum atomic E-state index is 6.10. The van der Waals surface area contributed by atoms with Gasteiger partial charge in [0.2, 0.25) is 0 Å². The molecule has 1 aliphatic carbocycles. The van der Waals surface area contributed by atoms with Crippen molar-refractivity contribution in [2.75, 3.05) is 7.11 Å². The molecule has 1 fully saturated rings. The summed E-state index contributed by atoms with van der Waals surface area (Å²) in [5, 5.41) is 0.528. The fourth-order valence-corrected chi connectivity index (χ4v) is 3.32. The van der Waals surface area contributed by atoms with Crippen LogP contribution in [-0.4, -0.2) is 17.1 Å². The first-order chi connectivity index (χ1) is 9.40. The van der Waals surface area contributed by atoms with Crippen LogP contribution in [0.3, 0.4) is 0 Å². The van der Waals surface area contributed by atoms with Crippen molar-refractivity contribution in [1.82, 2.24) is 9.97 Å². The van der Waals surface area contributed by atoms with Gasteiger partial charge in [0.05, 0.1) is 12.3 Å². The first-order valence-electron chi connectivity index (χ1n) is 7.42. The van der Waals surface area contributed by atoms with Gasteiger partial charge >= 0.3 is 0 Å². The lowest BCUT2D eigenvalue weighted by molar-refractivity contribution is 0.166. The topological polar surface area (TPSA) is 35.0 Å². The van der Waals surface area contributed by atoms with Gasteiger partial charge in [0.15, 0.2) is 0 Å². The van der Waals surface area contributed by atoms with E-state index in [1.54, 1.807) is 13.2 Å². The van der Waals surface area contributed by atoms with Crippen molar-refractivity contribution in [3.63, 3.8) is 0 Å². The summed E-state index contributed by atoms with van der Waals surface area (Å²) in [6.07, 6.45) is 4.83. The molecule has 1 heterocycles. The third-order valence-corrected chi connectivity index (χ3v) is 4.57. The average molecular weight is 297 g/mol. The largest absolute Gasteiger partial charge is 0.378 e. The molecule has 0 bridgehead atoms. The molecule has 112 valence electrons. The fourth-order valence-electron chi connectivity index (χ4n) is 3.11. The molecule has 4 heteroatoms. The minimum absolute atomic E-state index is 0.404. The molecule has 0 aromatic carbocycles.